The molecule has 5 heterocycles. The zero-order valence-corrected chi connectivity index (χ0v) is 30.0. The molecule has 1 saturated carbocycles. The predicted molar refractivity (Wildman–Crippen MR) is 188 cm³/mol. The van der Waals surface area contributed by atoms with E-state index in [1.165, 1.54) is 25.0 Å². The molecule has 4 aliphatic rings. The van der Waals surface area contributed by atoms with E-state index in [1.54, 1.807) is 37.3 Å². The summed E-state index contributed by atoms with van der Waals surface area (Å²) in [7, 11) is 1.75. The van der Waals surface area contributed by atoms with Crippen LogP contribution in [0, 0.1) is 35.4 Å². The largest absolute Gasteiger partial charge is 0.342 e. The summed E-state index contributed by atoms with van der Waals surface area (Å²) in [5.41, 5.74) is 2.90. The number of aromatic nitrogens is 2. The van der Waals surface area contributed by atoms with E-state index in [2.05, 4.69) is 34.8 Å². The summed E-state index contributed by atoms with van der Waals surface area (Å²) < 4.78 is 16.5. The molecular weight excluding hydrogens is 627 g/mol. The minimum absolute atomic E-state index is 0.0243. The van der Waals surface area contributed by atoms with Crippen LogP contribution in [0.2, 0.25) is 5.02 Å². The van der Waals surface area contributed by atoms with Crippen LogP contribution >= 0.6 is 11.6 Å². The van der Waals surface area contributed by atoms with Crippen LogP contribution in [-0.2, 0) is 11.2 Å². The topological polar surface area (TPSA) is 64.9 Å². The first kappa shape index (κ1) is 33.5. The molecule has 4 fully saturated rings. The van der Waals surface area contributed by atoms with Crippen molar-refractivity contribution in [3.05, 3.63) is 58.8 Å². The number of likely N-dealkylation sites (tertiary alicyclic amines) is 3. The van der Waals surface area contributed by atoms with Crippen LogP contribution in [0.15, 0.2) is 36.8 Å². The van der Waals surface area contributed by atoms with Gasteiger partial charge < -0.3 is 14.4 Å². The molecule has 1 aliphatic carbocycles. The lowest BCUT2D eigenvalue weighted by molar-refractivity contribution is -0.128. The van der Waals surface area contributed by atoms with Crippen LogP contribution in [0.3, 0.4) is 0 Å². The molecule has 2 amide bonds. The van der Waals surface area contributed by atoms with Crippen molar-refractivity contribution in [1.29, 1.82) is 0 Å². The van der Waals surface area contributed by atoms with Crippen molar-refractivity contribution in [1.82, 2.24) is 29.2 Å². The van der Waals surface area contributed by atoms with Crippen molar-refractivity contribution in [2.75, 3.05) is 46.3 Å². The number of nitrogens with zero attached hydrogens (tertiary/aromatic N) is 6. The summed E-state index contributed by atoms with van der Waals surface area (Å²) in [5.74, 6) is 2.69. The Labute approximate surface area is 289 Å². The third kappa shape index (κ3) is 6.04. The number of amides is 2. The highest BCUT2D eigenvalue weighted by molar-refractivity contribution is 6.35. The van der Waals surface area contributed by atoms with Gasteiger partial charge in [0.15, 0.2) is 0 Å². The maximum Gasteiger partial charge on any atom is 0.256 e. The minimum Gasteiger partial charge on any atom is -0.342 e. The molecule has 0 bridgehead atoms. The first-order valence-corrected chi connectivity index (χ1v) is 18.2. The fourth-order valence-corrected chi connectivity index (χ4v) is 9.51. The van der Waals surface area contributed by atoms with Crippen LogP contribution in [0.1, 0.15) is 63.4 Å². The molecule has 0 unspecified atom stereocenters. The lowest BCUT2D eigenvalue weighted by atomic mass is 9.70. The fraction of sp³-hybridized carbons (Fsp3) is 0.605. The molecule has 3 aliphatic heterocycles. The van der Waals surface area contributed by atoms with Gasteiger partial charge in [0.2, 0.25) is 5.91 Å². The second-order valence-corrected chi connectivity index (χ2v) is 16.2. The molecule has 3 atom stereocenters. The first-order chi connectivity index (χ1) is 22.9. The zero-order chi connectivity index (χ0) is 34.0. The summed E-state index contributed by atoms with van der Waals surface area (Å²) >= 11 is 6.79. The monoisotopic (exact) mass is 676 g/mol. The van der Waals surface area contributed by atoms with Gasteiger partial charge in [0.05, 0.1) is 28.0 Å². The average molecular weight is 677 g/mol. The number of hydrogen-bond donors (Lipinski definition) is 0. The Morgan fingerprint density at radius 3 is 2.33 bits per heavy atom. The molecule has 0 radical (unpaired) electrons. The Morgan fingerprint density at radius 1 is 1.02 bits per heavy atom. The lowest BCUT2D eigenvalue weighted by Crippen LogP contribution is -2.60. The van der Waals surface area contributed by atoms with Crippen LogP contribution in [0.25, 0.3) is 16.6 Å². The number of carbonyl (C=O) groups excluding carboxylic acids is 2. The van der Waals surface area contributed by atoms with Crippen molar-refractivity contribution in [3.8, 4) is 5.69 Å². The van der Waals surface area contributed by atoms with Crippen molar-refractivity contribution >= 4 is 34.3 Å². The molecule has 1 aromatic carbocycles. The third-order valence-electron chi connectivity index (χ3n) is 12.0. The second kappa shape index (κ2) is 13.0. The van der Waals surface area contributed by atoms with Gasteiger partial charge in [-0.05, 0) is 86.5 Å². The lowest BCUT2D eigenvalue weighted by Gasteiger charge is -2.54. The highest BCUT2D eigenvalue weighted by Crippen LogP contribution is 2.44. The summed E-state index contributed by atoms with van der Waals surface area (Å²) in [6.45, 7) is 16.7. The molecule has 3 saturated heterocycles. The Hall–Kier alpha value is -3.01. The van der Waals surface area contributed by atoms with Crippen LogP contribution in [0.5, 0.6) is 0 Å². The van der Waals surface area contributed by atoms with Gasteiger partial charge in [-0.3, -0.25) is 24.4 Å². The van der Waals surface area contributed by atoms with Crippen molar-refractivity contribution < 1.29 is 14.0 Å². The number of carbonyl (C=O) groups is 2. The van der Waals surface area contributed by atoms with E-state index in [-0.39, 0.29) is 17.9 Å². The maximum atomic E-state index is 14.5. The average Bonchev–Trinajstić information content (AvgIpc) is 3.68. The Bertz CT molecular complexity index is 1680. The highest BCUT2D eigenvalue weighted by atomic mass is 35.5. The van der Waals surface area contributed by atoms with E-state index in [0.29, 0.717) is 52.0 Å². The van der Waals surface area contributed by atoms with Gasteiger partial charge in [0, 0.05) is 89.1 Å². The molecule has 2 aromatic heterocycles. The van der Waals surface area contributed by atoms with Gasteiger partial charge in [0.25, 0.3) is 5.91 Å². The smallest absolute Gasteiger partial charge is 0.256 e. The minimum atomic E-state index is -0.442. The SMILES string of the molecule is CC(=O)N1C[C@@H]2CN([C@H]3C[C@@H]([C@@H](C(C)C)N4CC(Cc5cn(-c6ccc(F)cc6C(=O)N(C)C(C)C)c6cncc(Cl)c56)C4)C3)C[C@H]2C1. The van der Waals surface area contributed by atoms with Gasteiger partial charge in [-0.2, -0.15) is 0 Å². The normalized spacial score (nSPS) is 25.5. The van der Waals surface area contributed by atoms with E-state index in [4.69, 9.17) is 11.6 Å². The van der Waals surface area contributed by atoms with E-state index in [0.717, 1.165) is 68.1 Å². The molecule has 7 rings (SSSR count). The number of rotatable bonds is 9. The van der Waals surface area contributed by atoms with E-state index >= 15 is 0 Å². The number of hydrogen-bond acceptors (Lipinski definition) is 5. The van der Waals surface area contributed by atoms with E-state index in [9.17, 15) is 14.0 Å². The summed E-state index contributed by atoms with van der Waals surface area (Å²) in [4.78, 5) is 38.8. The van der Waals surface area contributed by atoms with Gasteiger partial charge in [-0.1, -0.05) is 25.4 Å². The molecule has 3 aromatic rings. The predicted octanol–water partition coefficient (Wildman–Crippen LogP) is 5.99. The number of halogens is 2. The maximum absolute atomic E-state index is 14.5. The van der Waals surface area contributed by atoms with Gasteiger partial charge >= 0.3 is 0 Å². The van der Waals surface area contributed by atoms with Gasteiger partial charge in [-0.15, -0.1) is 0 Å². The first-order valence-electron chi connectivity index (χ1n) is 17.8. The Morgan fingerprint density at radius 2 is 1.71 bits per heavy atom. The number of benzene rings is 1. The molecule has 48 heavy (non-hydrogen) atoms. The second-order valence-electron chi connectivity index (χ2n) is 15.8. The zero-order valence-electron chi connectivity index (χ0n) is 29.2. The van der Waals surface area contributed by atoms with Crippen LogP contribution in [0.4, 0.5) is 4.39 Å². The number of pyridine rings is 1. The molecule has 8 nitrogen and oxygen atoms in total. The van der Waals surface area contributed by atoms with Gasteiger partial charge in [0.1, 0.15) is 5.82 Å². The quantitative estimate of drug-likeness (QED) is 0.279. The third-order valence-corrected chi connectivity index (χ3v) is 12.3. The Kier molecular flexibility index (Phi) is 9.09. The number of fused-ring (bicyclic) bond motifs is 2. The molecular formula is C38H50ClFN6O2. The van der Waals surface area contributed by atoms with Crippen molar-refractivity contribution in [2.45, 2.75) is 72.0 Å². The summed E-state index contributed by atoms with van der Waals surface area (Å²) in [6, 6.07) is 5.67. The molecule has 0 spiro atoms. The highest BCUT2D eigenvalue weighted by Gasteiger charge is 2.49. The molecule has 10 heteroatoms. The van der Waals surface area contributed by atoms with E-state index < -0.39 is 5.82 Å². The fourth-order valence-electron chi connectivity index (χ4n) is 9.23. The van der Waals surface area contributed by atoms with Crippen molar-refractivity contribution in [2.24, 2.45) is 29.6 Å². The standard InChI is InChI=1S/C38H50ClFN6O2/c1-22(2)37(26-10-31(11-26)44-19-28-17-43(24(5)47)18-29(28)20-44)45-15-25(16-45)9-27-21-46(35-14-41-13-33(39)36(27)35)34-8-7-30(40)12-32(34)38(48)42(6)23(3)4/h7-8,12-14,21-23,25-26,28-29,31,37H,9-11,15-20H2,1-6H3/t26-,28-,29-,31+,37-/m1/s1. The summed E-state index contributed by atoms with van der Waals surface area (Å²) in [5, 5.41) is 1.54. The summed E-state index contributed by atoms with van der Waals surface area (Å²) in [6.07, 6.45) is 8.99. The molecule has 258 valence electrons. The van der Waals surface area contributed by atoms with Crippen molar-refractivity contribution in [3.63, 3.8) is 0 Å². The van der Waals surface area contributed by atoms with E-state index in [1.807, 2.05) is 23.3 Å². The van der Waals surface area contributed by atoms with Crippen LogP contribution in [-0.4, -0.2) is 105 Å². The Balaban J connectivity index is 1.03. The van der Waals surface area contributed by atoms with Crippen LogP contribution < -0.4 is 0 Å². The molecule has 0 N–H and O–H groups in total. The van der Waals surface area contributed by atoms with Gasteiger partial charge in [-0.25, -0.2) is 4.39 Å².